The number of para-hydroxylation sites is 1. The van der Waals surface area contributed by atoms with Crippen molar-refractivity contribution in [3.05, 3.63) is 113 Å². The molecule has 0 radical (unpaired) electrons. The Morgan fingerprint density at radius 2 is 1.50 bits per heavy atom. The molecule has 182 valence electrons. The highest BCUT2D eigenvalue weighted by Gasteiger charge is 2.52. The maximum atomic E-state index is 13.8. The number of benzene rings is 3. The van der Waals surface area contributed by atoms with Crippen LogP contribution in [0.4, 0.5) is 10.5 Å². The van der Waals surface area contributed by atoms with Gasteiger partial charge in [0.05, 0.1) is 6.54 Å². The van der Waals surface area contributed by atoms with Crippen molar-refractivity contribution in [1.29, 1.82) is 0 Å². The Labute approximate surface area is 211 Å². The molecular formula is C30H29N3O3. The van der Waals surface area contributed by atoms with Crippen LogP contribution in [-0.2, 0) is 27.0 Å². The van der Waals surface area contributed by atoms with Crippen LogP contribution in [0.2, 0.25) is 0 Å². The number of nitrogens with zero attached hydrogens (tertiary/aromatic N) is 2. The van der Waals surface area contributed by atoms with E-state index in [9.17, 15) is 14.4 Å². The van der Waals surface area contributed by atoms with Crippen molar-refractivity contribution in [2.24, 2.45) is 0 Å². The van der Waals surface area contributed by atoms with Crippen LogP contribution in [0.5, 0.6) is 0 Å². The van der Waals surface area contributed by atoms with E-state index in [1.54, 1.807) is 6.08 Å². The Morgan fingerprint density at radius 3 is 2.17 bits per heavy atom. The van der Waals surface area contributed by atoms with Gasteiger partial charge in [0.15, 0.2) is 11.3 Å². The molecule has 3 amide bonds. The normalized spacial score (nSPS) is 21.6. The van der Waals surface area contributed by atoms with Gasteiger partial charge in [-0.2, -0.15) is 0 Å². The first-order valence-electron chi connectivity index (χ1n) is 12.1. The highest BCUT2D eigenvalue weighted by Crippen LogP contribution is 2.46. The van der Waals surface area contributed by atoms with Gasteiger partial charge in [-0.05, 0) is 22.8 Å². The molecule has 36 heavy (non-hydrogen) atoms. The quantitative estimate of drug-likeness (QED) is 0.416. The molecule has 0 aliphatic carbocycles. The Hall–Kier alpha value is -4.19. The average Bonchev–Trinajstić information content (AvgIpc) is 3.23. The summed E-state index contributed by atoms with van der Waals surface area (Å²) < 4.78 is 0. The number of ketones is 1. The van der Waals surface area contributed by atoms with Gasteiger partial charge in [0.25, 0.3) is 5.91 Å². The summed E-state index contributed by atoms with van der Waals surface area (Å²) in [5, 5.41) is 2.92. The van der Waals surface area contributed by atoms with Crippen molar-refractivity contribution in [1.82, 2.24) is 10.2 Å². The van der Waals surface area contributed by atoms with Crippen LogP contribution in [0.1, 0.15) is 30.5 Å². The minimum atomic E-state index is -1.27. The number of nitrogens with one attached hydrogen (secondary N) is 1. The molecule has 1 unspecified atom stereocenters. The number of hydrogen-bond donors (Lipinski definition) is 1. The van der Waals surface area contributed by atoms with Crippen molar-refractivity contribution in [2.45, 2.75) is 31.2 Å². The summed E-state index contributed by atoms with van der Waals surface area (Å²) in [6.07, 6.45) is 1.86. The molecule has 0 aromatic heterocycles. The minimum absolute atomic E-state index is 0.291. The summed E-state index contributed by atoms with van der Waals surface area (Å²) in [6, 6.07) is 26.3. The monoisotopic (exact) mass is 479 g/mol. The zero-order valence-electron chi connectivity index (χ0n) is 20.7. The highest BCUT2D eigenvalue weighted by molar-refractivity contribution is 6.10. The van der Waals surface area contributed by atoms with E-state index in [4.69, 9.17) is 0 Å². The second-order valence-corrected chi connectivity index (χ2v) is 9.95. The molecule has 0 spiro atoms. The molecule has 0 bridgehead atoms. The Bertz CT molecular complexity index is 1360. The average molecular weight is 480 g/mol. The SMILES string of the molecule is CN1/C(=C\C(=O)CN2C(=O)NC(Cc3ccccc3)(c3ccccc3)C2=O)C(C)(C)c2ccccc21. The topological polar surface area (TPSA) is 69.7 Å². The molecule has 0 saturated carbocycles. The van der Waals surface area contributed by atoms with Crippen LogP contribution < -0.4 is 10.2 Å². The lowest BCUT2D eigenvalue weighted by Gasteiger charge is -2.27. The largest absolute Gasteiger partial charge is 0.347 e. The highest BCUT2D eigenvalue weighted by atomic mass is 16.2. The zero-order chi connectivity index (χ0) is 25.5. The molecule has 6 nitrogen and oxygen atoms in total. The van der Waals surface area contributed by atoms with E-state index in [1.807, 2.05) is 90.8 Å². The van der Waals surface area contributed by atoms with Gasteiger partial charge in [-0.25, -0.2) is 4.79 Å². The van der Waals surface area contributed by atoms with Crippen LogP contribution in [0, 0.1) is 0 Å². The van der Waals surface area contributed by atoms with E-state index in [0.717, 1.165) is 27.4 Å². The van der Waals surface area contributed by atoms with E-state index >= 15 is 0 Å². The number of amides is 3. The summed E-state index contributed by atoms with van der Waals surface area (Å²) in [5.41, 5.74) is 2.96. The van der Waals surface area contributed by atoms with Crippen LogP contribution in [0.25, 0.3) is 0 Å². The fourth-order valence-corrected chi connectivity index (χ4v) is 5.42. The molecule has 2 aliphatic rings. The number of rotatable bonds is 6. The number of imide groups is 1. The summed E-state index contributed by atoms with van der Waals surface area (Å²) >= 11 is 0. The van der Waals surface area contributed by atoms with Gasteiger partial charge >= 0.3 is 6.03 Å². The van der Waals surface area contributed by atoms with Crippen LogP contribution in [-0.4, -0.2) is 36.2 Å². The van der Waals surface area contributed by atoms with Crippen LogP contribution >= 0.6 is 0 Å². The number of hydrogen-bond acceptors (Lipinski definition) is 4. The van der Waals surface area contributed by atoms with Gasteiger partial charge in [0, 0.05) is 36.3 Å². The van der Waals surface area contributed by atoms with E-state index in [2.05, 4.69) is 25.2 Å². The van der Waals surface area contributed by atoms with Crippen molar-refractivity contribution in [3.63, 3.8) is 0 Å². The standard InChI is InChI=1S/C30H29N3O3/c1-29(2)24-16-10-11-17-25(24)32(3)26(29)18-23(34)20-33-27(35)30(31-28(33)36,22-14-8-5-9-15-22)19-21-12-6-4-7-13-21/h4-18H,19-20H2,1-3H3,(H,31,36)/b26-18-. The summed E-state index contributed by atoms with van der Waals surface area (Å²) in [6.45, 7) is 3.82. The third-order valence-corrected chi connectivity index (χ3v) is 7.31. The minimum Gasteiger partial charge on any atom is -0.347 e. The number of allylic oxidation sites excluding steroid dienone is 1. The Kier molecular flexibility index (Phi) is 5.75. The molecular weight excluding hydrogens is 450 g/mol. The summed E-state index contributed by atoms with van der Waals surface area (Å²) in [4.78, 5) is 43.3. The second kappa shape index (κ2) is 8.79. The second-order valence-electron chi connectivity index (χ2n) is 9.95. The van der Waals surface area contributed by atoms with Gasteiger partial charge < -0.3 is 10.2 Å². The van der Waals surface area contributed by atoms with Gasteiger partial charge in [-0.15, -0.1) is 0 Å². The first kappa shape index (κ1) is 23.5. The lowest BCUT2D eigenvalue weighted by Crippen LogP contribution is -2.46. The van der Waals surface area contributed by atoms with Gasteiger partial charge in [0.2, 0.25) is 0 Å². The molecule has 3 aromatic carbocycles. The third-order valence-electron chi connectivity index (χ3n) is 7.31. The fourth-order valence-electron chi connectivity index (χ4n) is 5.42. The number of fused-ring (bicyclic) bond motifs is 1. The van der Waals surface area contributed by atoms with E-state index < -0.39 is 17.5 Å². The molecule has 3 aromatic rings. The van der Waals surface area contributed by atoms with Crippen LogP contribution in [0.3, 0.4) is 0 Å². The number of carbonyl (C=O) groups excluding carboxylic acids is 3. The smallest absolute Gasteiger partial charge is 0.325 e. The predicted molar refractivity (Wildman–Crippen MR) is 139 cm³/mol. The number of anilines is 1. The van der Waals surface area contributed by atoms with Crippen molar-refractivity contribution < 1.29 is 14.4 Å². The maximum absolute atomic E-state index is 13.8. The van der Waals surface area contributed by atoms with Gasteiger partial charge in [-0.3, -0.25) is 14.5 Å². The Morgan fingerprint density at radius 1 is 0.889 bits per heavy atom. The lowest BCUT2D eigenvalue weighted by molar-refractivity contribution is -0.133. The first-order chi connectivity index (χ1) is 17.2. The molecule has 2 aliphatic heterocycles. The summed E-state index contributed by atoms with van der Waals surface area (Å²) in [5.74, 6) is -0.721. The summed E-state index contributed by atoms with van der Waals surface area (Å²) in [7, 11) is 1.93. The molecule has 1 saturated heterocycles. The lowest BCUT2D eigenvalue weighted by atomic mass is 9.83. The number of urea groups is 1. The number of carbonyl (C=O) groups is 3. The molecule has 6 heteroatoms. The number of likely N-dealkylation sites (N-methyl/N-ethyl adjacent to an activating group) is 1. The maximum Gasteiger partial charge on any atom is 0.325 e. The van der Waals surface area contributed by atoms with Crippen molar-refractivity contribution in [3.8, 4) is 0 Å². The van der Waals surface area contributed by atoms with Crippen molar-refractivity contribution >= 4 is 23.4 Å². The van der Waals surface area contributed by atoms with Gasteiger partial charge in [0.1, 0.15) is 0 Å². The third kappa shape index (κ3) is 3.79. The van der Waals surface area contributed by atoms with Crippen molar-refractivity contribution in [2.75, 3.05) is 18.5 Å². The van der Waals surface area contributed by atoms with Crippen LogP contribution in [0.15, 0.2) is 96.7 Å². The Balaban J connectivity index is 1.44. The first-order valence-corrected chi connectivity index (χ1v) is 12.1. The molecule has 1 N–H and O–H groups in total. The van der Waals surface area contributed by atoms with Gasteiger partial charge in [-0.1, -0.05) is 92.7 Å². The zero-order valence-corrected chi connectivity index (χ0v) is 20.7. The molecule has 1 fully saturated rings. The van der Waals surface area contributed by atoms with E-state index in [-0.39, 0.29) is 17.7 Å². The molecule has 1 atom stereocenters. The van der Waals surface area contributed by atoms with E-state index in [0.29, 0.717) is 12.0 Å². The molecule has 2 heterocycles. The fraction of sp³-hybridized carbons (Fsp3) is 0.233. The predicted octanol–water partition coefficient (Wildman–Crippen LogP) is 4.56. The molecule has 5 rings (SSSR count). The van der Waals surface area contributed by atoms with E-state index in [1.165, 1.54) is 0 Å².